The molecule has 0 saturated carbocycles. The summed E-state index contributed by atoms with van der Waals surface area (Å²) in [5.74, 6) is -0.735. The minimum atomic E-state index is -0.487. The number of nitrogens with zero attached hydrogens (tertiary/aromatic N) is 1. The normalized spacial score (nSPS) is 15.9. The number of para-hydroxylation sites is 3. The zero-order chi connectivity index (χ0) is 19.8. The molecule has 5 nitrogen and oxygen atoms in total. The number of H-pyrrole nitrogens is 1. The number of fused-ring (bicyclic) bond motifs is 3. The molecule has 1 aliphatic heterocycles. The van der Waals surface area contributed by atoms with E-state index in [0.717, 1.165) is 27.8 Å². The summed E-state index contributed by atoms with van der Waals surface area (Å²) in [4.78, 5) is 31.5. The number of hydrogen-bond acceptors (Lipinski definition) is 2. The van der Waals surface area contributed by atoms with Crippen LogP contribution >= 0.6 is 0 Å². The Morgan fingerprint density at radius 1 is 0.897 bits per heavy atom. The molecule has 2 N–H and O–H groups in total. The van der Waals surface area contributed by atoms with Gasteiger partial charge < -0.3 is 15.2 Å². The number of amides is 2. The van der Waals surface area contributed by atoms with Gasteiger partial charge in [0.05, 0.1) is 5.92 Å². The van der Waals surface area contributed by atoms with Gasteiger partial charge >= 0.3 is 0 Å². The predicted molar refractivity (Wildman–Crippen MR) is 114 cm³/mol. The van der Waals surface area contributed by atoms with Crippen molar-refractivity contribution in [1.82, 2.24) is 4.98 Å². The molecule has 4 aromatic rings. The molecule has 0 aliphatic carbocycles. The molecule has 1 aromatic heterocycles. The molecule has 0 spiro atoms. The molecule has 1 unspecified atom stereocenters. The minimum Gasteiger partial charge on any atom is -0.350 e. The first-order valence-corrected chi connectivity index (χ1v) is 9.56. The summed E-state index contributed by atoms with van der Waals surface area (Å²) in [6.45, 7) is 0.288. The van der Waals surface area contributed by atoms with Crippen LogP contribution in [0.15, 0.2) is 84.9 Å². The lowest BCUT2D eigenvalue weighted by atomic mass is 9.90. The van der Waals surface area contributed by atoms with Gasteiger partial charge in [0.15, 0.2) is 0 Å². The number of hydrogen-bond donors (Lipinski definition) is 2. The highest BCUT2D eigenvalue weighted by Gasteiger charge is 2.38. The fourth-order valence-electron chi connectivity index (χ4n) is 3.98. The Morgan fingerprint density at radius 3 is 2.31 bits per heavy atom. The average Bonchev–Trinajstić information content (AvgIpc) is 3.16. The maximum Gasteiger partial charge on any atom is 0.275 e. The highest BCUT2D eigenvalue weighted by molar-refractivity contribution is 6.14. The van der Waals surface area contributed by atoms with E-state index in [0.29, 0.717) is 5.69 Å². The highest BCUT2D eigenvalue weighted by Crippen LogP contribution is 2.37. The molecule has 29 heavy (non-hydrogen) atoms. The van der Waals surface area contributed by atoms with Crippen molar-refractivity contribution < 1.29 is 9.59 Å². The van der Waals surface area contributed by atoms with E-state index in [1.165, 1.54) is 0 Å². The Labute approximate surface area is 168 Å². The molecule has 142 valence electrons. The average molecular weight is 381 g/mol. The fraction of sp³-hybridized carbons (Fsp3) is 0.0833. The number of aromatic amines is 1. The van der Waals surface area contributed by atoms with Crippen LogP contribution in [0.5, 0.6) is 0 Å². The molecule has 0 fully saturated rings. The van der Waals surface area contributed by atoms with E-state index in [-0.39, 0.29) is 18.4 Å². The van der Waals surface area contributed by atoms with E-state index >= 15 is 0 Å². The molecular weight excluding hydrogens is 362 g/mol. The number of benzene rings is 3. The van der Waals surface area contributed by atoms with E-state index in [1.54, 1.807) is 4.90 Å². The monoisotopic (exact) mass is 381 g/mol. The van der Waals surface area contributed by atoms with Gasteiger partial charge in [0.2, 0.25) is 5.91 Å². The first kappa shape index (κ1) is 17.3. The lowest BCUT2D eigenvalue weighted by Crippen LogP contribution is -2.43. The van der Waals surface area contributed by atoms with Gasteiger partial charge in [-0.1, -0.05) is 54.6 Å². The summed E-state index contributed by atoms with van der Waals surface area (Å²) in [5.41, 5.74) is 3.63. The summed E-state index contributed by atoms with van der Waals surface area (Å²) < 4.78 is 0. The minimum absolute atomic E-state index is 0.119. The zero-order valence-electron chi connectivity index (χ0n) is 15.6. The number of anilines is 2. The third-order valence-electron chi connectivity index (χ3n) is 5.34. The topological polar surface area (TPSA) is 65.2 Å². The van der Waals surface area contributed by atoms with Crippen molar-refractivity contribution in [2.75, 3.05) is 16.8 Å². The maximum atomic E-state index is 13.3. The van der Waals surface area contributed by atoms with Crippen LogP contribution in [-0.2, 0) is 4.79 Å². The highest BCUT2D eigenvalue weighted by atomic mass is 16.2. The molecule has 0 radical (unpaired) electrons. The summed E-state index contributed by atoms with van der Waals surface area (Å²) in [6, 6.07) is 26.6. The smallest absolute Gasteiger partial charge is 0.275 e. The molecule has 0 saturated heterocycles. The van der Waals surface area contributed by atoms with Crippen molar-refractivity contribution in [1.29, 1.82) is 0 Å². The number of rotatable bonds is 3. The van der Waals surface area contributed by atoms with Crippen molar-refractivity contribution in [3.8, 4) is 0 Å². The Hall–Kier alpha value is -3.86. The SMILES string of the molecule is O=C(Nc1ccccc1)C1CN(c2ccccc2)C(=O)c2[nH]c3ccccc3c21. The van der Waals surface area contributed by atoms with Gasteiger partial charge in [-0.05, 0) is 30.3 Å². The molecule has 1 aliphatic rings. The van der Waals surface area contributed by atoms with Gasteiger partial charge in [0.1, 0.15) is 5.69 Å². The van der Waals surface area contributed by atoms with Crippen molar-refractivity contribution >= 4 is 34.1 Å². The summed E-state index contributed by atoms with van der Waals surface area (Å²) in [7, 11) is 0. The second-order valence-corrected chi connectivity index (χ2v) is 7.12. The largest absolute Gasteiger partial charge is 0.350 e. The van der Waals surface area contributed by atoms with Crippen LogP contribution in [0.4, 0.5) is 11.4 Å². The molecule has 3 aromatic carbocycles. The predicted octanol–water partition coefficient (Wildman–Crippen LogP) is 4.55. The summed E-state index contributed by atoms with van der Waals surface area (Å²) in [5, 5.41) is 3.92. The molecule has 5 heteroatoms. The molecule has 0 bridgehead atoms. The zero-order valence-corrected chi connectivity index (χ0v) is 15.6. The van der Waals surface area contributed by atoms with Crippen molar-refractivity contribution in [2.45, 2.75) is 5.92 Å². The van der Waals surface area contributed by atoms with Gasteiger partial charge in [-0.25, -0.2) is 0 Å². The first-order valence-electron chi connectivity index (χ1n) is 9.56. The summed E-state index contributed by atoms with van der Waals surface area (Å²) in [6.07, 6.45) is 0. The second kappa shape index (κ2) is 6.95. The van der Waals surface area contributed by atoms with Crippen molar-refractivity contribution in [3.63, 3.8) is 0 Å². The van der Waals surface area contributed by atoms with Crippen LogP contribution < -0.4 is 10.2 Å². The molecular formula is C24H19N3O2. The van der Waals surface area contributed by atoms with E-state index < -0.39 is 5.92 Å². The van der Waals surface area contributed by atoms with Gasteiger partial charge in [-0.15, -0.1) is 0 Å². The quantitative estimate of drug-likeness (QED) is 0.547. The van der Waals surface area contributed by atoms with E-state index in [9.17, 15) is 9.59 Å². The standard InChI is InChI=1S/C24H19N3O2/c28-23(25-16-9-3-1-4-10-16)19-15-27(17-11-5-2-6-12-17)24(29)22-21(19)18-13-7-8-14-20(18)26-22/h1-14,19,26H,15H2,(H,25,28). The van der Waals surface area contributed by atoms with Gasteiger partial charge in [-0.3, -0.25) is 9.59 Å². The Bertz CT molecular complexity index is 1200. The van der Waals surface area contributed by atoms with Crippen LogP contribution in [0.1, 0.15) is 22.0 Å². The van der Waals surface area contributed by atoms with Gasteiger partial charge in [0.25, 0.3) is 5.91 Å². The molecule has 1 atom stereocenters. The third kappa shape index (κ3) is 2.97. The number of carbonyl (C=O) groups is 2. The van der Waals surface area contributed by atoms with Crippen LogP contribution in [-0.4, -0.2) is 23.3 Å². The Balaban J connectivity index is 1.62. The van der Waals surface area contributed by atoms with E-state index in [2.05, 4.69) is 10.3 Å². The van der Waals surface area contributed by atoms with E-state index in [4.69, 9.17) is 0 Å². The Morgan fingerprint density at radius 2 is 1.55 bits per heavy atom. The molecule has 2 amide bonds. The molecule has 5 rings (SSSR count). The first-order chi connectivity index (χ1) is 14.2. The summed E-state index contributed by atoms with van der Waals surface area (Å²) >= 11 is 0. The van der Waals surface area contributed by atoms with Gasteiger partial charge in [-0.2, -0.15) is 0 Å². The van der Waals surface area contributed by atoms with Gasteiger partial charge in [0, 0.05) is 34.4 Å². The lowest BCUT2D eigenvalue weighted by Gasteiger charge is -2.32. The number of carbonyl (C=O) groups excluding carboxylic acids is 2. The maximum absolute atomic E-state index is 13.3. The van der Waals surface area contributed by atoms with Crippen LogP contribution in [0.25, 0.3) is 10.9 Å². The van der Waals surface area contributed by atoms with E-state index in [1.807, 2.05) is 84.9 Å². The van der Waals surface area contributed by atoms with Crippen LogP contribution in [0, 0.1) is 0 Å². The molecule has 2 heterocycles. The number of nitrogens with one attached hydrogen (secondary N) is 2. The fourth-order valence-corrected chi connectivity index (χ4v) is 3.98. The Kier molecular flexibility index (Phi) is 4.13. The lowest BCUT2D eigenvalue weighted by molar-refractivity contribution is -0.117. The van der Waals surface area contributed by atoms with Crippen LogP contribution in [0.2, 0.25) is 0 Å². The number of aromatic nitrogens is 1. The van der Waals surface area contributed by atoms with Crippen molar-refractivity contribution in [2.24, 2.45) is 0 Å². The van der Waals surface area contributed by atoms with Crippen molar-refractivity contribution in [3.05, 3.63) is 96.2 Å². The third-order valence-corrected chi connectivity index (χ3v) is 5.34. The van der Waals surface area contributed by atoms with Crippen LogP contribution in [0.3, 0.4) is 0 Å². The second-order valence-electron chi connectivity index (χ2n) is 7.12.